The molecular weight excluding hydrogens is 228 g/mol. The Hall–Kier alpha value is -1.56. The maximum absolute atomic E-state index is 2.39. The first-order valence-corrected chi connectivity index (χ1v) is 7.14. The summed E-state index contributed by atoms with van der Waals surface area (Å²) in [5, 5.41) is 0. The van der Waals surface area contributed by atoms with Crippen molar-refractivity contribution in [2.45, 2.75) is 40.0 Å². The molecule has 0 saturated heterocycles. The molecule has 0 saturated carbocycles. The van der Waals surface area contributed by atoms with E-state index in [-0.39, 0.29) is 5.41 Å². The summed E-state index contributed by atoms with van der Waals surface area (Å²) < 4.78 is 0. The van der Waals surface area contributed by atoms with Crippen molar-refractivity contribution in [3.63, 3.8) is 0 Å². The molecule has 0 heteroatoms. The fraction of sp³-hybridized carbons (Fsp3) is 0.368. The molecule has 0 nitrogen and oxygen atoms in total. The Labute approximate surface area is 116 Å². The van der Waals surface area contributed by atoms with Gasteiger partial charge in [-0.15, -0.1) is 0 Å². The number of rotatable bonds is 1. The van der Waals surface area contributed by atoms with Crippen LogP contribution in [0.1, 0.15) is 42.9 Å². The third kappa shape index (κ3) is 2.10. The van der Waals surface area contributed by atoms with E-state index in [4.69, 9.17) is 0 Å². The van der Waals surface area contributed by atoms with Crippen molar-refractivity contribution in [3.05, 3.63) is 70.3 Å². The summed E-state index contributed by atoms with van der Waals surface area (Å²) in [4.78, 5) is 0. The van der Waals surface area contributed by atoms with Gasteiger partial charge in [-0.1, -0.05) is 67.5 Å². The topological polar surface area (TPSA) is 0 Å². The minimum atomic E-state index is 0.188. The first-order chi connectivity index (χ1) is 8.97. The number of allylic oxidation sites excluding steroid dienone is 6. The highest BCUT2D eigenvalue weighted by Gasteiger charge is 2.35. The minimum absolute atomic E-state index is 0.188. The molecule has 0 amide bonds. The van der Waals surface area contributed by atoms with E-state index in [1.165, 1.54) is 27.8 Å². The molecule has 0 spiro atoms. The normalized spacial score (nSPS) is 23.9. The number of hydrogen-bond acceptors (Lipinski definition) is 0. The van der Waals surface area contributed by atoms with Gasteiger partial charge in [-0.2, -0.15) is 0 Å². The van der Waals surface area contributed by atoms with Crippen LogP contribution in [0.5, 0.6) is 0 Å². The van der Waals surface area contributed by atoms with Crippen LogP contribution in [-0.4, -0.2) is 0 Å². The van der Waals surface area contributed by atoms with E-state index in [0.717, 1.165) is 6.42 Å². The zero-order valence-electron chi connectivity index (χ0n) is 12.3. The van der Waals surface area contributed by atoms with Gasteiger partial charge in [0.15, 0.2) is 0 Å². The van der Waals surface area contributed by atoms with Gasteiger partial charge in [-0.05, 0) is 42.4 Å². The van der Waals surface area contributed by atoms with Crippen molar-refractivity contribution in [3.8, 4) is 0 Å². The lowest BCUT2D eigenvalue weighted by Crippen LogP contribution is -2.24. The molecule has 2 aliphatic rings. The van der Waals surface area contributed by atoms with E-state index in [0.29, 0.717) is 5.92 Å². The summed E-state index contributed by atoms with van der Waals surface area (Å²) in [6.45, 7) is 9.09. The van der Waals surface area contributed by atoms with E-state index in [9.17, 15) is 0 Å². The van der Waals surface area contributed by atoms with Crippen LogP contribution >= 0.6 is 0 Å². The lowest BCUT2D eigenvalue weighted by Gasteiger charge is -2.36. The van der Waals surface area contributed by atoms with Crippen molar-refractivity contribution in [1.82, 2.24) is 0 Å². The summed E-state index contributed by atoms with van der Waals surface area (Å²) in [6, 6.07) is 6.97. The second-order valence-corrected chi connectivity index (χ2v) is 6.60. The van der Waals surface area contributed by atoms with Gasteiger partial charge in [0.1, 0.15) is 0 Å². The number of aryl methyl sites for hydroxylation is 2. The Kier molecular flexibility index (Phi) is 2.78. The smallest absolute Gasteiger partial charge is 0.0178 e. The molecule has 0 heterocycles. The van der Waals surface area contributed by atoms with Crippen LogP contribution in [0.2, 0.25) is 0 Å². The molecule has 0 aliphatic heterocycles. The average Bonchev–Trinajstić information content (AvgIpc) is 2.73. The molecule has 0 radical (unpaired) electrons. The molecule has 2 aliphatic carbocycles. The highest BCUT2D eigenvalue weighted by Crippen LogP contribution is 2.49. The van der Waals surface area contributed by atoms with Crippen molar-refractivity contribution in [2.75, 3.05) is 0 Å². The third-order valence-electron chi connectivity index (χ3n) is 4.35. The first-order valence-electron chi connectivity index (χ1n) is 7.14. The molecule has 1 aromatic carbocycles. The summed E-state index contributed by atoms with van der Waals surface area (Å²) in [6.07, 6.45) is 10.5. The van der Waals surface area contributed by atoms with Crippen LogP contribution in [0.3, 0.4) is 0 Å². The van der Waals surface area contributed by atoms with Crippen LogP contribution in [0.25, 0.3) is 0 Å². The minimum Gasteiger partial charge on any atom is -0.0798 e. The zero-order chi connectivity index (χ0) is 13.6. The fourth-order valence-corrected chi connectivity index (χ4v) is 3.58. The third-order valence-corrected chi connectivity index (χ3v) is 4.35. The molecule has 0 fully saturated rings. The van der Waals surface area contributed by atoms with E-state index >= 15 is 0 Å². The Morgan fingerprint density at radius 2 is 1.68 bits per heavy atom. The fourth-order valence-electron chi connectivity index (χ4n) is 3.58. The molecule has 1 aromatic rings. The van der Waals surface area contributed by atoms with Crippen LogP contribution in [-0.2, 0) is 0 Å². The van der Waals surface area contributed by atoms with E-state index in [1.54, 1.807) is 0 Å². The summed E-state index contributed by atoms with van der Waals surface area (Å²) in [5.74, 6) is 0.491. The van der Waals surface area contributed by atoms with Gasteiger partial charge >= 0.3 is 0 Å². The number of benzene rings is 1. The average molecular weight is 250 g/mol. The number of hydrogen-bond donors (Lipinski definition) is 0. The SMILES string of the molecule is Cc1cc(C)cc(C2C3=C(C=CC2(C)C)CC=C3)c1. The highest BCUT2D eigenvalue weighted by atomic mass is 14.4. The standard InChI is InChI=1S/C19H22/c1-13-10-14(2)12-16(11-13)18-17-7-5-6-15(17)8-9-19(18,3)4/h5,7-12,18H,6H2,1-4H3. The van der Waals surface area contributed by atoms with Crippen LogP contribution in [0.15, 0.2) is 53.6 Å². The van der Waals surface area contributed by atoms with Gasteiger partial charge in [0.05, 0.1) is 0 Å². The maximum atomic E-state index is 2.39. The predicted molar refractivity (Wildman–Crippen MR) is 82.4 cm³/mol. The van der Waals surface area contributed by atoms with Crippen molar-refractivity contribution < 1.29 is 0 Å². The van der Waals surface area contributed by atoms with Gasteiger partial charge in [-0.3, -0.25) is 0 Å². The Balaban J connectivity index is 2.15. The lowest BCUT2D eigenvalue weighted by molar-refractivity contribution is 0.409. The predicted octanol–water partition coefficient (Wildman–Crippen LogP) is 5.24. The van der Waals surface area contributed by atoms with E-state index < -0.39 is 0 Å². The van der Waals surface area contributed by atoms with Gasteiger partial charge < -0.3 is 0 Å². The maximum Gasteiger partial charge on any atom is 0.0178 e. The van der Waals surface area contributed by atoms with Crippen LogP contribution in [0, 0.1) is 19.3 Å². The molecule has 0 bridgehead atoms. The lowest BCUT2D eigenvalue weighted by atomic mass is 9.67. The van der Waals surface area contributed by atoms with Gasteiger partial charge in [-0.25, -0.2) is 0 Å². The van der Waals surface area contributed by atoms with Crippen molar-refractivity contribution in [2.24, 2.45) is 5.41 Å². The second kappa shape index (κ2) is 4.23. The Morgan fingerprint density at radius 3 is 2.37 bits per heavy atom. The van der Waals surface area contributed by atoms with Crippen LogP contribution in [0.4, 0.5) is 0 Å². The first kappa shape index (κ1) is 12.5. The van der Waals surface area contributed by atoms with Gasteiger partial charge in [0, 0.05) is 5.92 Å². The van der Waals surface area contributed by atoms with E-state index in [2.05, 4.69) is 70.2 Å². The van der Waals surface area contributed by atoms with Gasteiger partial charge in [0.2, 0.25) is 0 Å². The van der Waals surface area contributed by atoms with Crippen LogP contribution < -0.4 is 0 Å². The molecule has 1 unspecified atom stereocenters. The zero-order valence-corrected chi connectivity index (χ0v) is 12.3. The molecule has 0 N–H and O–H groups in total. The monoisotopic (exact) mass is 250 g/mol. The molecule has 98 valence electrons. The van der Waals surface area contributed by atoms with Gasteiger partial charge in [0.25, 0.3) is 0 Å². The Bertz CT molecular complexity index is 589. The summed E-state index contributed by atoms with van der Waals surface area (Å²) in [7, 11) is 0. The molecule has 0 aromatic heterocycles. The largest absolute Gasteiger partial charge is 0.0798 e. The van der Waals surface area contributed by atoms with Crippen molar-refractivity contribution >= 4 is 0 Å². The van der Waals surface area contributed by atoms with Crippen molar-refractivity contribution in [1.29, 1.82) is 0 Å². The second-order valence-electron chi connectivity index (χ2n) is 6.60. The quantitative estimate of drug-likeness (QED) is 0.639. The van der Waals surface area contributed by atoms with E-state index in [1.807, 2.05) is 0 Å². The molecule has 3 rings (SSSR count). The molecule has 19 heavy (non-hydrogen) atoms. The summed E-state index contributed by atoms with van der Waals surface area (Å²) >= 11 is 0. The Morgan fingerprint density at radius 1 is 1.00 bits per heavy atom. The molecule has 1 atom stereocenters. The summed E-state index contributed by atoms with van der Waals surface area (Å²) in [5.41, 5.74) is 7.41. The highest BCUT2D eigenvalue weighted by molar-refractivity contribution is 5.52. The molecular formula is C19H22.